The van der Waals surface area contributed by atoms with Gasteiger partial charge in [0.1, 0.15) is 0 Å². The number of hydrogen-bond donors (Lipinski definition) is 2. The Balaban J connectivity index is 2.00. The third-order valence-electron chi connectivity index (χ3n) is 3.92. The van der Waals surface area contributed by atoms with Crippen molar-refractivity contribution in [2.45, 2.75) is 52.2 Å². The molecule has 3 atom stereocenters. The summed E-state index contributed by atoms with van der Waals surface area (Å²) in [6.07, 6.45) is 2.93. The number of fused-ring (bicyclic) bond motifs is 1. The molecule has 0 radical (unpaired) electrons. The SMILES string of the molecule is CC(C)CC(C)C(O)C1CCc2ccccc2N1. The first-order valence-electron chi connectivity index (χ1n) is 7.10. The average Bonchev–Trinajstić information content (AvgIpc) is 2.36. The van der Waals surface area contributed by atoms with Crippen molar-refractivity contribution in [2.75, 3.05) is 5.32 Å². The minimum atomic E-state index is -0.249. The second-order valence-corrected chi connectivity index (χ2v) is 6.04. The van der Waals surface area contributed by atoms with Crippen molar-refractivity contribution in [3.8, 4) is 0 Å². The highest BCUT2D eigenvalue weighted by Gasteiger charge is 2.28. The van der Waals surface area contributed by atoms with Gasteiger partial charge in [0, 0.05) is 5.69 Å². The lowest BCUT2D eigenvalue weighted by Crippen LogP contribution is -2.41. The predicted octanol–water partition coefficient (Wildman–Crippen LogP) is 3.46. The van der Waals surface area contributed by atoms with Crippen molar-refractivity contribution in [1.82, 2.24) is 0 Å². The summed E-state index contributed by atoms with van der Waals surface area (Å²) < 4.78 is 0. The fourth-order valence-electron chi connectivity index (χ4n) is 3.00. The molecule has 18 heavy (non-hydrogen) atoms. The maximum absolute atomic E-state index is 10.5. The van der Waals surface area contributed by atoms with Gasteiger partial charge in [-0.1, -0.05) is 39.0 Å². The molecular weight excluding hydrogens is 222 g/mol. The summed E-state index contributed by atoms with van der Waals surface area (Å²) in [7, 11) is 0. The van der Waals surface area contributed by atoms with E-state index in [1.165, 1.54) is 11.3 Å². The van der Waals surface area contributed by atoms with Crippen LogP contribution < -0.4 is 5.32 Å². The molecule has 3 unspecified atom stereocenters. The van der Waals surface area contributed by atoms with Crippen LogP contribution in [0.2, 0.25) is 0 Å². The fraction of sp³-hybridized carbons (Fsp3) is 0.625. The normalized spacial score (nSPS) is 22.2. The van der Waals surface area contributed by atoms with Gasteiger partial charge in [-0.2, -0.15) is 0 Å². The smallest absolute Gasteiger partial charge is 0.0766 e. The highest BCUT2D eigenvalue weighted by molar-refractivity contribution is 5.53. The molecule has 0 fully saturated rings. The van der Waals surface area contributed by atoms with Crippen molar-refractivity contribution in [2.24, 2.45) is 11.8 Å². The summed E-state index contributed by atoms with van der Waals surface area (Å²) in [6, 6.07) is 8.62. The van der Waals surface area contributed by atoms with Gasteiger partial charge in [-0.15, -0.1) is 0 Å². The first-order valence-corrected chi connectivity index (χ1v) is 7.10. The molecule has 2 rings (SSSR count). The van der Waals surface area contributed by atoms with Crippen LogP contribution in [0.25, 0.3) is 0 Å². The van der Waals surface area contributed by atoms with E-state index in [9.17, 15) is 5.11 Å². The summed E-state index contributed by atoms with van der Waals surface area (Å²) in [5, 5.41) is 14.0. The van der Waals surface area contributed by atoms with E-state index in [0.29, 0.717) is 11.8 Å². The summed E-state index contributed by atoms with van der Waals surface area (Å²) in [4.78, 5) is 0. The third-order valence-corrected chi connectivity index (χ3v) is 3.92. The molecule has 2 heteroatoms. The van der Waals surface area contributed by atoms with Crippen LogP contribution in [0.1, 0.15) is 39.2 Å². The van der Waals surface area contributed by atoms with Crippen molar-refractivity contribution in [1.29, 1.82) is 0 Å². The molecule has 2 nitrogen and oxygen atoms in total. The van der Waals surface area contributed by atoms with E-state index < -0.39 is 0 Å². The molecule has 0 spiro atoms. The molecule has 1 aromatic carbocycles. The minimum absolute atomic E-state index is 0.202. The molecule has 2 N–H and O–H groups in total. The van der Waals surface area contributed by atoms with E-state index in [1.807, 2.05) is 0 Å². The summed E-state index contributed by atoms with van der Waals surface area (Å²) in [5.41, 5.74) is 2.57. The van der Waals surface area contributed by atoms with Crippen LogP contribution >= 0.6 is 0 Å². The van der Waals surface area contributed by atoms with Gasteiger partial charge in [0.05, 0.1) is 12.1 Å². The number of rotatable bonds is 4. The van der Waals surface area contributed by atoms with E-state index >= 15 is 0 Å². The molecule has 0 aromatic heterocycles. The Morgan fingerprint density at radius 3 is 2.72 bits per heavy atom. The van der Waals surface area contributed by atoms with E-state index in [2.05, 4.69) is 50.4 Å². The molecule has 0 saturated carbocycles. The van der Waals surface area contributed by atoms with Gasteiger partial charge in [0.25, 0.3) is 0 Å². The molecule has 1 heterocycles. The van der Waals surface area contributed by atoms with Crippen molar-refractivity contribution >= 4 is 5.69 Å². The number of aryl methyl sites for hydroxylation is 1. The second kappa shape index (κ2) is 5.75. The molecule has 1 aliphatic rings. The quantitative estimate of drug-likeness (QED) is 0.854. The van der Waals surface area contributed by atoms with Gasteiger partial charge in [-0.05, 0) is 42.7 Å². The lowest BCUT2D eigenvalue weighted by molar-refractivity contribution is 0.0822. The lowest BCUT2D eigenvalue weighted by Gasteiger charge is -2.34. The van der Waals surface area contributed by atoms with Crippen LogP contribution in [0, 0.1) is 11.8 Å². The van der Waals surface area contributed by atoms with Gasteiger partial charge in [-0.3, -0.25) is 0 Å². The van der Waals surface area contributed by atoms with Crippen molar-refractivity contribution < 1.29 is 5.11 Å². The zero-order chi connectivity index (χ0) is 13.1. The Hall–Kier alpha value is -1.02. The van der Waals surface area contributed by atoms with Crippen molar-refractivity contribution in [3.05, 3.63) is 29.8 Å². The highest BCUT2D eigenvalue weighted by atomic mass is 16.3. The maximum Gasteiger partial charge on any atom is 0.0766 e. The molecule has 0 bridgehead atoms. The van der Waals surface area contributed by atoms with Gasteiger partial charge in [0.2, 0.25) is 0 Å². The van der Waals surface area contributed by atoms with E-state index in [4.69, 9.17) is 0 Å². The number of aliphatic hydroxyl groups is 1. The third kappa shape index (κ3) is 3.05. The zero-order valence-corrected chi connectivity index (χ0v) is 11.7. The van der Waals surface area contributed by atoms with Gasteiger partial charge < -0.3 is 10.4 Å². The molecular formula is C16H25NO. The number of benzene rings is 1. The topological polar surface area (TPSA) is 32.3 Å². The largest absolute Gasteiger partial charge is 0.391 e. The number of anilines is 1. The number of hydrogen-bond acceptors (Lipinski definition) is 2. The second-order valence-electron chi connectivity index (χ2n) is 6.04. The Kier molecular flexibility index (Phi) is 4.28. The van der Waals surface area contributed by atoms with Crippen LogP contribution in [0.15, 0.2) is 24.3 Å². The molecule has 100 valence electrons. The molecule has 0 aliphatic carbocycles. The Morgan fingerprint density at radius 1 is 1.28 bits per heavy atom. The van der Waals surface area contributed by atoms with Gasteiger partial charge >= 0.3 is 0 Å². The highest BCUT2D eigenvalue weighted by Crippen LogP contribution is 2.28. The fourth-order valence-corrected chi connectivity index (χ4v) is 3.00. The molecule has 0 saturated heterocycles. The first kappa shape index (κ1) is 13.4. The molecule has 1 aliphatic heterocycles. The lowest BCUT2D eigenvalue weighted by atomic mass is 9.86. The van der Waals surface area contributed by atoms with Crippen LogP contribution in [-0.2, 0) is 6.42 Å². The van der Waals surface area contributed by atoms with Gasteiger partial charge in [0.15, 0.2) is 0 Å². The Morgan fingerprint density at radius 2 is 2.00 bits per heavy atom. The zero-order valence-electron chi connectivity index (χ0n) is 11.7. The molecule has 0 amide bonds. The van der Waals surface area contributed by atoms with Gasteiger partial charge in [-0.25, -0.2) is 0 Å². The van der Waals surface area contributed by atoms with E-state index in [0.717, 1.165) is 19.3 Å². The van der Waals surface area contributed by atoms with Crippen LogP contribution in [-0.4, -0.2) is 17.3 Å². The average molecular weight is 247 g/mol. The summed E-state index contributed by atoms with van der Waals surface area (Å²) >= 11 is 0. The standard InChI is InChI=1S/C16H25NO/c1-11(2)10-12(3)16(18)15-9-8-13-6-4-5-7-14(13)17-15/h4-7,11-12,15-18H,8-10H2,1-3H3. The summed E-state index contributed by atoms with van der Waals surface area (Å²) in [6.45, 7) is 6.59. The summed E-state index contributed by atoms with van der Waals surface area (Å²) in [5.74, 6) is 0.998. The number of nitrogens with one attached hydrogen (secondary N) is 1. The predicted molar refractivity (Wildman–Crippen MR) is 76.8 cm³/mol. The first-order chi connectivity index (χ1) is 8.58. The Labute approximate surface area is 110 Å². The Bertz CT molecular complexity index is 388. The van der Waals surface area contributed by atoms with Crippen molar-refractivity contribution in [3.63, 3.8) is 0 Å². The monoisotopic (exact) mass is 247 g/mol. The van der Waals surface area contributed by atoms with E-state index in [-0.39, 0.29) is 12.1 Å². The molecule has 1 aromatic rings. The van der Waals surface area contributed by atoms with Crippen LogP contribution in [0.3, 0.4) is 0 Å². The number of para-hydroxylation sites is 1. The van der Waals surface area contributed by atoms with E-state index in [1.54, 1.807) is 0 Å². The van der Waals surface area contributed by atoms with Crippen LogP contribution in [0.5, 0.6) is 0 Å². The maximum atomic E-state index is 10.5. The van der Waals surface area contributed by atoms with Crippen LogP contribution in [0.4, 0.5) is 5.69 Å². The minimum Gasteiger partial charge on any atom is -0.391 e. The number of aliphatic hydroxyl groups excluding tert-OH is 1.